The lowest BCUT2D eigenvalue weighted by Gasteiger charge is -2.10. The zero-order valence-corrected chi connectivity index (χ0v) is 21.7. The molecule has 1 aromatic heterocycles. The molecule has 0 amide bonds. The van der Waals surface area contributed by atoms with Crippen molar-refractivity contribution < 1.29 is 0 Å². The molecule has 0 aliphatic rings. The second-order valence-electron chi connectivity index (χ2n) is 9.14. The summed E-state index contributed by atoms with van der Waals surface area (Å²) in [4.78, 5) is 0. The van der Waals surface area contributed by atoms with E-state index in [0.29, 0.717) is 0 Å². The van der Waals surface area contributed by atoms with Crippen molar-refractivity contribution in [1.29, 1.82) is 0 Å². The molecule has 7 rings (SSSR count). The van der Waals surface area contributed by atoms with Crippen LogP contribution in [0.3, 0.4) is 0 Å². The Hall–Kier alpha value is -3.89. The van der Waals surface area contributed by atoms with Gasteiger partial charge in [-0.2, -0.15) is 0 Å². The second kappa shape index (κ2) is 8.65. The molecule has 0 bridgehead atoms. The highest BCUT2D eigenvalue weighted by molar-refractivity contribution is 14.1. The zero-order valence-electron chi connectivity index (χ0n) is 19.5. The Kier molecular flexibility index (Phi) is 5.14. The quantitative estimate of drug-likeness (QED) is 0.186. The Labute approximate surface area is 223 Å². The summed E-state index contributed by atoms with van der Waals surface area (Å²) in [5, 5.41) is 5.16. The molecular formula is C34H22IN. The number of halogens is 1. The number of nitrogens with zero attached hydrogens (tertiary/aromatic N) is 1. The summed E-state index contributed by atoms with van der Waals surface area (Å²) in [6.07, 6.45) is 0. The molecule has 0 atom stereocenters. The lowest BCUT2D eigenvalue weighted by molar-refractivity contribution is 1.18. The molecule has 0 spiro atoms. The van der Waals surface area contributed by atoms with E-state index in [2.05, 4.69) is 161 Å². The summed E-state index contributed by atoms with van der Waals surface area (Å²) in [7, 11) is 0. The molecular weight excluding hydrogens is 549 g/mol. The third kappa shape index (κ3) is 3.44. The molecule has 36 heavy (non-hydrogen) atoms. The molecule has 0 fully saturated rings. The summed E-state index contributed by atoms with van der Waals surface area (Å²) >= 11 is 2.45. The molecule has 0 saturated heterocycles. The van der Waals surface area contributed by atoms with Crippen LogP contribution in [0.25, 0.3) is 60.5 Å². The number of rotatable bonds is 3. The second-order valence-corrected chi connectivity index (χ2v) is 10.3. The predicted octanol–water partition coefficient (Wildman–Crippen LogP) is 9.88. The van der Waals surface area contributed by atoms with E-state index in [1.165, 1.54) is 64.1 Å². The number of hydrogen-bond acceptors (Lipinski definition) is 0. The van der Waals surface area contributed by atoms with E-state index >= 15 is 0 Å². The van der Waals surface area contributed by atoms with E-state index < -0.39 is 0 Å². The van der Waals surface area contributed by atoms with Gasteiger partial charge >= 0.3 is 0 Å². The van der Waals surface area contributed by atoms with Crippen molar-refractivity contribution >= 4 is 55.2 Å². The highest BCUT2D eigenvalue weighted by Gasteiger charge is 2.13. The lowest BCUT2D eigenvalue weighted by atomic mass is 9.96. The molecule has 1 nitrogen and oxygen atoms in total. The van der Waals surface area contributed by atoms with Gasteiger partial charge in [-0.15, -0.1) is 0 Å². The molecule has 0 radical (unpaired) electrons. The van der Waals surface area contributed by atoms with Crippen LogP contribution in [0.15, 0.2) is 133 Å². The number of aromatic nitrogens is 1. The van der Waals surface area contributed by atoms with Crippen molar-refractivity contribution in [3.63, 3.8) is 0 Å². The minimum absolute atomic E-state index is 1.19. The zero-order chi connectivity index (χ0) is 24.1. The monoisotopic (exact) mass is 571 g/mol. The fraction of sp³-hybridized carbons (Fsp3) is 0. The van der Waals surface area contributed by atoms with Crippen LogP contribution in [0, 0.1) is 3.57 Å². The predicted molar refractivity (Wildman–Crippen MR) is 162 cm³/mol. The van der Waals surface area contributed by atoms with Crippen LogP contribution in [0.1, 0.15) is 0 Å². The first-order chi connectivity index (χ1) is 17.8. The molecule has 2 heteroatoms. The average Bonchev–Trinajstić information content (AvgIpc) is 3.27. The fourth-order valence-electron chi connectivity index (χ4n) is 5.39. The van der Waals surface area contributed by atoms with Crippen molar-refractivity contribution in [2.24, 2.45) is 0 Å². The van der Waals surface area contributed by atoms with Gasteiger partial charge in [-0.1, -0.05) is 97.1 Å². The molecule has 0 unspecified atom stereocenters. The van der Waals surface area contributed by atoms with E-state index in [9.17, 15) is 0 Å². The topological polar surface area (TPSA) is 4.93 Å². The first kappa shape index (κ1) is 21.4. The van der Waals surface area contributed by atoms with Crippen LogP contribution in [-0.2, 0) is 0 Å². The number of fused-ring (bicyclic) bond motifs is 4. The highest BCUT2D eigenvalue weighted by atomic mass is 127. The van der Waals surface area contributed by atoms with E-state index in [0.717, 1.165) is 0 Å². The van der Waals surface area contributed by atoms with Gasteiger partial charge in [0.1, 0.15) is 0 Å². The van der Waals surface area contributed by atoms with E-state index in [1.54, 1.807) is 0 Å². The highest BCUT2D eigenvalue weighted by Crippen LogP contribution is 2.36. The van der Waals surface area contributed by atoms with Gasteiger partial charge in [0, 0.05) is 25.4 Å². The van der Waals surface area contributed by atoms with Crippen LogP contribution in [0.5, 0.6) is 0 Å². The molecule has 0 saturated carbocycles. The molecule has 170 valence electrons. The minimum Gasteiger partial charge on any atom is -0.309 e. The normalized spacial score (nSPS) is 11.5. The molecule has 0 aliphatic carbocycles. The largest absolute Gasteiger partial charge is 0.309 e. The SMILES string of the molecule is Ic1cccc2cccc(-c3ccc(-c4ccc5c(c4)c4ccccc4n5-c4ccccc4)cc3)c12. The van der Waals surface area contributed by atoms with Crippen LogP contribution in [0.4, 0.5) is 0 Å². The first-order valence-corrected chi connectivity index (χ1v) is 13.2. The maximum Gasteiger partial charge on any atom is 0.0541 e. The Balaban J connectivity index is 1.35. The lowest BCUT2D eigenvalue weighted by Crippen LogP contribution is -1.92. The molecule has 0 aliphatic heterocycles. The fourth-order valence-corrected chi connectivity index (χ4v) is 6.20. The smallest absolute Gasteiger partial charge is 0.0541 e. The molecule has 6 aromatic carbocycles. The summed E-state index contributed by atoms with van der Waals surface area (Å²) in [5.74, 6) is 0. The van der Waals surface area contributed by atoms with Crippen LogP contribution >= 0.6 is 22.6 Å². The van der Waals surface area contributed by atoms with E-state index in [4.69, 9.17) is 0 Å². The molecule has 0 N–H and O–H groups in total. The van der Waals surface area contributed by atoms with Crippen LogP contribution in [0.2, 0.25) is 0 Å². The van der Waals surface area contributed by atoms with Crippen molar-refractivity contribution in [3.05, 3.63) is 137 Å². The van der Waals surface area contributed by atoms with E-state index in [-0.39, 0.29) is 0 Å². The Bertz CT molecular complexity index is 1870. The minimum atomic E-state index is 1.19. The van der Waals surface area contributed by atoms with Crippen molar-refractivity contribution in [1.82, 2.24) is 4.57 Å². The first-order valence-electron chi connectivity index (χ1n) is 12.1. The van der Waals surface area contributed by atoms with Crippen molar-refractivity contribution in [3.8, 4) is 27.9 Å². The van der Waals surface area contributed by atoms with Gasteiger partial charge in [0.2, 0.25) is 0 Å². The third-order valence-electron chi connectivity index (χ3n) is 7.07. The van der Waals surface area contributed by atoms with Gasteiger partial charge in [0.25, 0.3) is 0 Å². The summed E-state index contributed by atoms with van der Waals surface area (Å²) in [5.41, 5.74) is 8.64. The van der Waals surface area contributed by atoms with E-state index in [1.807, 2.05) is 0 Å². The maximum absolute atomic E-state index is 2.45. The summed E-state index contributed by atoms with van der Waals surface area (Å²) in [6, 6.07) is 48.2. The van der Waals surface area contributed by atoms with Gasteiger partial charge in [0.05, 0.1) is 11.0 Å². The van der Waals surface area contributed by atoms with Crippen molar-refractivity contribution in [2.45, 2.75) is 0 Å². The van der Waals surface area contributed by atoms with Gasteiger partial charge in [-0.3, -0.25) is 0 Å². The Morgan fingerprint density at radius 2 is 1.14 bits per heavy atom. The molecule has 1 heterocycles. The number of para-hydroxylation sites is 2. The Morgan fingerprint density at radius 1 is 0.472 bits per heavy atom. The van der Waals surface area contributed by atoms with Gasteiger partial charge in [0.15, 0.2) is 0 Å². The Morgan fingerprint density at radius 3 is 1.97 bits per heavy atom. The number of benzene rings is 6. The van der Waals surface area contributed by atoms with Gasteiger partial charge in [-0.25, -0.2) is 0 Å². The summed E-state index contributed by atoms with van der Waals surface area (Å²) in [6.45, 7) is 0. The summed E-state index contributed by atoms with van der Waals surface area (Å²) < 4.78 is 3.64. The van der Waals surface area contributed by atoms with Crippen LogP contribution in [-0.4, -0.2) is 4.57 Å². The number of hydrogen-bond donors (Lipinski definition) is 0. The van der Waals surface area contributed by atoms with Crippen molar-refractivity contribution in [2.75, 3.05) is 0 Å². The van der Waals surface area contributed by atoms with Crippen LogP contribution < -0.4 is 0 Å². The van der Waals surface area contributed by atoms with Gasteiger partial charge in [-0.05, 0) is 86.6 Å². The van der Waals surface area contributed by atoms with Gasteiger partial charge < -0.3 is 4.57 Å². The average molecular weight is 571 g/mol. The molecule has 7 aromatic rings. The maximum atomic E-state index is 2.45. The third-order valence-corrected chi connectivity index (χ3v) is 7.97. The standard InChI is InChI=1S/C34H22IN/c35-31-14-7-9-25-8-6-13-28(34(25)31)24-18-16-23(17-19-24)26-20-21-33-30(22-26)29-12-4-5-15-32(29)36(33)27-10-2-1-3-11-27/h1-22H.